The molecule has 0 unspecified atom stereocenters. The Balaban J connectivity index is 1.23. The summed E-state index contributed by atoms with van der Waals surface area (Å²) in [5, 5.41) is 19.3. The summed E-state index contributed by atoms with van der Waals surface area (Å²) in [5.41, 5.74) is 3.36. The van der Waals surface area contributed by atoms with Crippen molar-refractivity contribution in [3.63, 3.8) is 0 Å². The van der Waals surface area contributed by atoms with Crippen LogP contribution in [0.2, 0.25) is 18.6 Å². The molecule has 4 aromatic rings. The summed E-state index contributed by atoms with van der Waals surface area (Å²) >= 11 is 0. The second kappa shape index (κ2) is 15.0. The lowest BCUT2D eigenvalue weighted by molar-refractivity contribution is -0.146. The molecule has 0 bridgehead atoms. The van der Waals surface area contributed by atoms with Gasteiger partial charge in [0.2, 0.25) is 5.91 Å². The van der Waals surface area contributed by atoms with E-state index in [-0.39, 0.29) is 36.0 Å². The number of aliphatic hydroxyl groups excluding tert-OH is 1. The highest BCUT2D eigenvalue weighted by Gasteiger charge is 2.66. The second-order valence-corrected chi connectivity index (χ2v) is 19.9. The Kier molecular flexibility index (Phi) is 10.4. The third-order valence-electron chi connectivity index (χ3n) is 11.7. The van der Waals surface area contributed by atoms with Gasteiger partial charge in [-0.15, -0.1) is 5.10 Å². The molecule has 11 heteroatoms. The largest absolute Gasteiger partial charge is 0.497 e. The lowest BCUT2D eigenvalue weighted by Gasteiger charge is -2.37. The van der Waals surface area contributed by atoms with E-state index in [0.29, 0.717) is 32.4 Å². The number of fused-ring (bicyclic) bond motifs is 2. The van der Waals surface area contributed by atoms with Gasteiger partial charge in [-0.25, -0.2) is 0 Å². The number of aromatic nitrogens is 3. The summed E-state index contributed by atoms with van der Waals surface area (Å²) in [7, 11) is -0.621. The molecule has 3 aliphatic heterocycles. The van der Waals surface area contributed by atoms with Crippen molar-refractivity contribution in [1.82, 2.24) is 15.0 Å². The quantitative estimate of drug-likeness (QED) is 0.190. The Morgan fingerprint density at radius 2 is 1.79 bits per heavy atom. The molecule has 1 aromatic heterocycles. The summed E-state index contributed by atoms with van der Waals surface area (Å²) in [6.45, 7) is 8.69. The lowest BCUT2D eigenvalue weighted by atomic mass is 9.82. The van der Waals surface area contributed by atoms with Crippen LogP contribution in [0.1, 0.15) is 62.3 Å². The van der Waals surface area contributed by atoms with Crippen molar-refractivity contribution in [3.05, 3.63) is 95.8 Å². The summed E-state index contributed by atoms with van der Waals surface area (Å²) in [4.78, 5) is 32.1. The molecule has 10 nitrogen and oxygen atoms in total. The van der Waals surface area contributed by atoms with E-state index in [1.54, 1.807) is 7.11 Å². The zero-order chi connectivity index (χ0) is 36.5. The van der Waals surface area contributed by atoms with E-state index >= 15 is 4.79 Å². The van der Waals surface area contributed by atoms with Gasteiger partial charge in [-0.2, -0.15) is 0 Å². The lowest BCUT2D eigenvalue weighted by Crippen LogP contribution is -2.51. The van der Waals surface area contributed by atoms with Crippen LogP contribution in [0.25, 0.3) is 0 Å². The topological polar surface area (TPSA) is 110 Å². The monoisotopic (exact) mass is 721 g/mol. The molecule has 2 amide bonds. The summed E-state index contributed by atoms with van der Waals surface area (Å²) in [6.07, 6.45) is 7.51. The van der Waals surface area contributed by atoms with Gasteiger partial charge in [0.15, 0.2) is 5.60 Å². The standard InChI is InChI=1S/C41H51N5O5Si/c1-29-39(52(3,4)34-19-17-33(50-2)18-20-34)37(21-24-44-28-31(22-25-47)42-43-44)51-41(29)35-14-8-9-15-36(35)46(40(41)49)27-30-12-11-13-32(26-30)45-23-10-6-5-7-16-38(45)48/h8-9,11-15,17-20,26,28-29,37,39,47H,5-7,10,16,21-25,27H2,1-4H3/t29-,37+,39-,41+/m0/s1. The van der Waals surface area contributed by atoms with Crippen LogP contribution < -0.4 is 19.7 Å². The number of carbonyl (C=O) groups is 2. The van der Waals surface area contributed by atoms with Gasteiger partial charge in [-0.1, -0.05) is 85.7 Å². The van der Waals surface area contributed by atoms with Crippen LogP contribution in [-0.4, -0.2) is 66.4 Å². The molecule has 1 spiro atoms. The maximum atomic E-state index is 15.2. The molecule has 1 N–H and O–H groups in total. The summed E-state index contributed by atoms with van der Waals surface area (Å²) < 4.78 is 14.6. The average Bonchev–Trinajstić information content (AvgIpc) is 3.79. The van der Waals surface area contributed by atoms with E-state index in [4.69, 9.17) is 9.47 Å². The Bertz CT molecular complexity index is 1900. The molecule has 4 atom stereocenters. The van der Waals surface area contributed by atoms with Gasteiger partial charge in [-0.3, -0.25) is 14.3 Å². The van der Waals surface area contributed by atoms with Gasteiger partial charge in [0, 0.05) is 55.9 Å². The third-order valence-corrected chi connectivity index (χ3v) is 16.1. The fourth-order valence-corrected chi connectivity index (χ4v) is 13.1. The van der Waals surface area contributed by atoms with Crippen molar-refractivity contribution in [1.29, 1.82) is 0 Å². The number of para-hydroxylation sites is 1. The molecule has 274 valence electrons. The maximum absolute atomic E-state index is 15.2. The van der Waals surface area contributed by atoms with E-state index in [0.717, 1.165) is 66.2 Å². The molecule has 52 heavy (non-hydrogen) atoms. The maximum Gasteiger partial charge on any atom is 0.264 e. The third kappa shape index (κ3) is 6.58. The predicted octanol–water partition coefficient (Wildman–Crippen LogP) is 5.97. The van der Waals surface area contributed by atoms with Crippen LogP contribution in [0.5, 0.6) is 5.75 Å². The van der Waals surface area contributed by atoms with Crippen molar-refractivity contribution < 1.29 is 24.2 Å². The molecule has 3 aliphatic rings. The smallest absolute Gasteiger partial charge is 0.264 e. The van der Waals surface area contributed by atoms with Crippen molar-refractivity contribution >= 4 is 36.4 Å². The van der Waals surface area contributed by atoms with Gasteiger partial charge < -0.3 is 24.4 Å². The van der Waals surface area contributed by atoms with Crippen LogP contribution in [0, 0.1) is 5.92 Å². The van der Waals surface area contributed by atoms with Gasteiger partial charge in [0.05, 0.1) is 39.2 Å². The Labute approximate surface area is 307 Å². The molecule has 2 fully saturated rings. The highest BCUT2D eigenvalue weighted by Crippen LogP contribution is 2.60. The Hall–Kier alpha value is -4.32. The summed E-state index contributed by atoms with van der Waals surface area (Å²) in [5.74, 6) is 0.831. The van der Waals surface area contributed by atoms with Gasteiger partial charge in [0.1, 0.15) is 5.75 Å². The van der Waals surface area contributed by atoms with Crippen molar-refractivity contribution in [2.24, 2.45) is 5.92 Å². The van der Waals surface area contributed by atoms with Crippen molar-refractivity contribution in [2.75, 3.05) is 30.1 Å². The first-order valence-electron chi connectivity index (χ1n) is 18.8. The van der Waals surface area contributed by atoms with Gasteiger partial charge >= 0.3 is 0 Å². The first-order valence-corrected chi connectivity index (χ1v) is 21.9. The molecule has 2 saturated heterocycles. The minimum Gasteiger partial charge on any atom is -0.497 e. The SMILES string of the molecule is COc1ccc([Si](C)(C)[C@@H]2[C@@H](CCn3cc(CCO)nn3)O[C@]3(C(=O)N(Cc4cccc(N5CCCCCCC5=O)c4)c4ccccc43)[C@H]2C)cc1. The number of amides is 2. The Morgan fingerprint density at radius 1 is 1.00 bits per heavy atom. The molecular formula is C41H51N5O5Si. The highest BCUT2D eigenvalue weighted by atomic mass is 28.3. The number of carbonyl (C=O) groups excluding carboxylic acids is 2. The average molecular weight is 722 g/mol. The van der Waals surface area contributed by atoms with Crippen LogP contribution in [-0.2, 0) is 39.4 Å². The molecule has 0 saturated carbocycles. The molecule has 4 heterocycles. The number of anilines is 2. The minimum absolute atomic E-state index is 0.0207. The first kappa shape index (κ1) is 36.1. The molecule has 7 rings (SSSR count). The number of benzene rings is 3. The van der Waals surface area contributed by atoms with Gasteiger partial charge in [-0.05, 0) is 60.7 Å². The van der Waals surface area contributed by atoms with Gasteiger partial charge in [0.25, 0.3) is 5.91 Å². The predicted molar refractivity (Wildman–Crippen MR) is 205 cm³/mol. The van der Waals surface area contributed by atoms with Crippen LogP contribution in [0.4, 0.5) is 11.4 Å². The zero-order valence-corrected chi connectivity index (χ0v) is 31.8. The van der Waals surface area contributed by atoms with Crippen LogP contribution in [0.15, 0.2) is 79.0 Å². The zero-order valence-electron chi connectivity index (χ0n) is 30.8. The Morgan fingerprint density at radius 3 is 2.58 bits per heavy atom. The highest BCUT2D eigenvalue weighted by molar-refractivity contribution is 6.91. The van der Waals surface area contributed by atoms with E-state index < -0.39 is 13.7 Å². The number of hydrogen-bond acceptors (Lipinski definition) is 7. The molecule has 0 radical (unpaired) electrons. The van der Waals surface area contributed by atoms with E-state index in [1.165, 1.54) is 5.19 Å². The fraction of sp³-hybridized carbons (Fsp3) is 0.463. The molecule has 3 aromatic carbocycles. The number of rotatable bonds is 11. The number of ether oxygens (including phenoxy) is 2. The number of aryl methyl sites for hydroxylation is 1. The minimum atomic E-state index is -2.30. The number of hydrogen-bond donors (Lipinski definition) is 1. The van der Waals surface area contributed by atoms with Crippen molar-refractivity contribution in [2.45, 2.75) is 95.3 Å². The van der Waals surface area contributed by atoms with Crippen LogP contribution in [0.3, 0.4) is 0 Å². The van der Waals surface area contributed by atoms with Crippen molar-refractivity contribution in [3.8, 4) is 5.75 Å². The second-order valence-electron chi connectivity index (χ2n) is 15.2. The summed E-state index contributed by atoms with van der Waals surface area (Å²) in [6, 6.07) is 24.7. The number of nitrogens with zero attached hydrogens (tertiary/aromatic N) is 5. The molecule has 0 aliphatic carbocycles. The van der Waals surface area contributed by atoms with E-state index in [1.807, 2.05) is 69.2 Å². The molecular weight excluding hydrogens is 671 g/mol. The van der Waals surface area contributed by atoms with E-state index in [2.05, 4.69) is 54.6 Å². The number of aliphatic hydroxyl groups is 1. The normalized spacial score (nSPS) is 23.6. The van der Waals surface area contributed by atoms with E-state index in [9.17, 15) is 9.90 Å². The first-order chi connectivity index (χ1) is 25.2. The van der Waals surface area contributed by atoms with Crippen LogP contribution >= 0.6 is 0 Å². The number of methoxy groups -OCH3 is 1. The fourth-order valence-electron chi connectivity index (χ4n) is 9.07.